The van der Waals surface area contributed by atoms with Gasteiger partial charge in [-0.15, -0.1) is 0 Å². The van der Waals surface area contributed by atoms with Gasteiger partial charge in [0.2, 0.25) is 5.91 Å². The normalized spacial score (nSPS) is 11.2. The van der Waals surface area contributed by atoms with E-state index >= 15 is 0 Å². The Morgan fingerprint density at radius 2 is 1.90 bits per heavy atom. The van der Waals surface area contributed by atoms with Crippen molar-refractivity contribution in [2.45, 2.75) is 26.8 Å². The lowest BCUT2D eigenvalue weighted by molar-refractivity contribution is -0.151. The molecule has 0 saturated carbocycles. The summed E-state index contributed by atoms with van der Waals surface area (Å²) in [4.78, 5) is 24.5. The average Bonchev–Trinajstić information content (AvgIpc) is 2.31. The quantitative estimate of drug-likeness (QED) is 0.904. The van der Waals surface area contributed by atoms with E-state index < -0.39 is 11.4 Å². The van der Waals surface area contributed by atoms with Gasteiger partial charge in [0.25, 0.3) is 0 Å². The molecular formula is C14H17Cl2NO3. The molecule has 6 heteroatoms. The summed E-state index contributed by atoms with van der Waals surface area (Å²) in [6, 6.07) is 5.05. The third-order valence-electron chi connectivity index (χ3n) is 3.02. The SMILES string of the molecule is CN(Cc1ccc(Cl)cc1Cl)C(=O)CC(C)(C)C(=O)O. The molecule has 0 aromatic heterocycles. The van der Waals surface area contributed by atoms with Crippen LogP contribution in [-0.4, -0.2) is 28.9 Å². The Labute approximate surface area is 128 Å². The molecule has 0 unspecified atom stereocenters. The molecule has 0 radical (unpaired) electrons. The molecule has 0 fully saturated rings. The molecule has 0 atom stereocenters. The van der Waals surface area contributed by atoms with E-state index in [1.165, 1.54) is 18.7 Å². The van der Waals surface area contributed by atoms with Crippen LogP contribution in [0.2, 0.25) is 10.0 Å². The average molecular weight is 318 g/mol. The Balaban J connectivity index is 2.73. The molecule has 0 spiro atoms. The molecule has 1 aromatic carbocycles. The molecule has 1 aromatic rings. The van der Waals surface area contributed by atoms with Gasteiger partial charge in [-0.3, -0.25) is 9.59 Å². The number of benzene rings is 1. The standard InChI is InChI=1S/C14H17Cl2NO3/c1-14(2,13(19)20)7-12(18)17(3)8-9-4-5-10(15)6-11(9)16/h4-6H,7-8H2,1-3H3,(H,19,20). The summed E-state index contributed by atoms with van der Waals surface area (Å²) >= 11 is 11.9. The van der Waals surface area contributed by atoms with Gasteiger partial charge in [-0.25, -0.2) is 0 Å². The predicted octanol–water partition coefficient (Wildman–Crippen LogP) is 3.45. The van der Waals surface area contributed by atoms with Crippen LogP contribution in [0.25, 0.3) is 0 Å². The van der Waals surface area contributed by atoms with E-state index in [9.17, 15) is 9.59 Å². The summed E-state index contributed by atoms with van der Waals surface area (Å²) in [5.74, 6) is -1.24. The van der Waals surface area contributed by atoms with Crippen LogP contribution in [0.15, 0.2) is 18.2 Å². The minimum atomic E-state index is -1.09. The molecule has 0 aliphatic heterocycles. The number of halogens is 2. The highest BCUT2D eigenvalue weighted by atomic mass is 35.5. The summed E-state index contributed by atoms with van der Waals surface area (Å²) < 4.78 is 0. The Morgan fingerprint density at radius 1 is 1.30 bits per heavy atom. The third-order valence-corrected chi connectivity index (χ3v) is 3.61. The number of carbonyl (C=O) groups excluding carboxylic acids is 1. The van der Waals surface area contributed by atoms with Crippen molar-refractivity contribution in [3.63, 3.8) is 0 Å². The van der Waals surface area contributed by atoms with E-state index in [1.807, 2.05) is 0 Å². The van der Waals surface area contributed by atoms with Gasteiger partial charge >= 0.3 is 5.97 Å². The lowest BCUT2D eigenvalue weighted by Crippen LogP contribution is -2.34. The first kappa shape index (κ1) is 16.8. The van der Waals surface area contributed by atoms with Crippen LogP contribution in [-0.2, 0) is 16.1 Å². The van der Waals surface area contributed by atoms with E-state index in [-0.39, 0.29) is 12.3 Å². The largest absolute Gasteiger partial charge is 0.481 e. The fraction of sp³-hybridized carbons (Fsp3) is 0.429. The van der Waals surface area contributed by atoms with Crippen molar-refractivity contribution in [3.8, 4) is 0 Å². The summed E-state index contributed by atoms with van der Waals surface area (Å²) in [7, 11) is 1.62. The fourth-order valence-corrected chi connectivity index (χ4v) is 2.05. The van der Waals surface area contributed by atoms with E-state index in [4.69, 9.17) is 28.3 Å². The number of carboxylic acid groups (broad SMARTS) is 1. The number of carboxylic acids is 1. The molecule has 110 valence electrons. The number of nitrogens with zero attached hydrogens (tertiary/aromatic N) is 1. The van der Waals surface area contributed by atoms with E-state index in [2.05, 4.69) is 0 Å². The zero-order valence-corrected chi connectivity index (χ0v) is 13.1. The molecule has 0 bridgehead atoms. The molecule has 0 aliphatic carbocycles. The lowest BCUT2D eigenvalue weighted by Gasteiger charge is -2.23. The zero-order chi connectivity index (χ0) is 15.5. The first-order valence-corrected chi connectivity index (χ1v) is 6.80. The van der Waals surface area contributed by atoms with Crippen LogP contribution < -0.4 is 0 Å². The highest BCUT2D eigenvalue weighted by Gasteiger charge is 2.31. The Bertz CT molecular complexity index is 529. The maximum atomic E-state index is 12.0. The van der Waals surface area contributed by atoms with Gasteiger partial charge in [0, 0.05) is 30.1 Å². The molecular weight excluding hydrogens is 301 g/mol. The highest BCUT2D eigenvalue weighted by Crippen LogP contribution is 2.24. The van der Waals surface area contributed by atoms with Crippen molar-refractivity contribution < 1.29 is 14.7 Å². The van der Waals surface area contributed by atoms with Gasteiger partial charge in [-0.05, 0) is 31.5 Å². The van der Waals surface area contributed by atoms with Crippen LogP contribution in [0, 0.1) is 5.41 Å². The summed E-state index contributed by atoms with van der Waals surface area (Å²) in [6.45, 7) is 3.36. The number of aliphatic carboxylic acids is 1. The topological polar surface area (TPSA) is 57.6 Å². The van der Waals surface area contributed by atoms with Crippen molar-refractivity contribution in [1.29, 1.82) is 0 Å². The number of hydrogen-bond donors (Lipinski definition) is 1. The second-order valence-corrected chi connectivity index (χ2v) is 6.19. The minimum absolute atomic E-state index is 0.0654. The minimum Gasteiger partial charge on any atom is -0.481 e. The van der Waals surface area contributed by atoms with Gasteiger partial charge in [0.1, 0.15) is 0 Å². The van der Waals surface area contributed by atoms with Crippen LogP contribution in [0.3, 0.4) is 0 Å². The maximum Gasteiger partial charge on any atom is 0.309 e. The number of carbonyl (C=O) groups is 2. The summed E-state index contributed by atoms with van der Waals surface area (Å²) in [6.07, 6.45) is -0.0654. The summed E-state index contributed by atoms with van der Waals surface area (Å²) in [5, 5.41) is 10.0. The number of hydrogen-bond acceptors (Lipinski definition) is 2. The Morgan fingerprint density at radius 3 is 2.40 bits per heavy atom. The number of rotatable bonds is 5. The Hall–Kier alpha value is -1.26. The van der Waals surface area contributed by atoms with Crippen LogP contribution in [0.5, 0.6) is 0 Å². The van der Waals surface area contributed by atoms with Crippen molar-refractivity contribution >= 4 is 35.1 Å². The second-order valence-electron chi connectivity index (χ2n) is 5.35. The smallest absolute Gasteiger partial charge is 0.309 e. The van der Waals surface area contributed by atoms with Gasteiger partial charge in [-0.1, -0.05) is 29.3 Å². The van der Waals surface area contributed by atoms with Crippen molar-refractivity contribution in [2.24, 2.45) is 5.41 Å². The molecule has 0 saturated heterocycles. The highest BCUT2D eigenvalue weighted by molar-refractivity contribution is 6.35. The maximum absolute atomic E-state index is 12.0. The fourth-order valence-electron chi connectivity index (χ4n) is 1.58. The Kier molecular flexibility index (Phi) is 5.42. The van der Waals surface area contributed by atoms with Gasteiger partial charge in [-0.2, -0.15) is 0 Å². The van der Waals surface area contributed by atoms with Crippen LogP contribution in [0.1, 0.15) is 25.8 Å². The molecule has 1 N–H and O–H groups in total. The first-order valence-electron chi connectivity index (χ1n) is 6.05. The summed E-state index contributed by atoms with van der Waals surface area (Å²) in [5.41, 5.74) is -0.324. The van der Waals surface area contributed by atoms with Crippen molar-refractivity contribution in [1.82, 2.24) is 4.90 Å². The first-order chi connectivity index (χ1) is 9.13. The molecule has 4 nitrogen and oxygen atoms in total. The van der Waals surface area contributed by atoms with Crippen LogP contribution in [0.4, 0.5) is 0 Å². The zero-order valence-electron chi connectivity index (χ0n) is 11.6. The molecule has 1 amide bonds. The van der Waals surface area contributed by atoms with E-state index in [0.29, 0.717) is 16.6 Å². The lowest BCUT2D eigenvalue weighted by atomic mass is 9.89. The monoisotopic (exact) mass is 317 g/mol. The van der Waals surface area contributed by atoms with Gasteiger partial charge in [0.15, 0.2) is 0 Å². The number of amides is 1. The van der Waals surface area contributed by atoms with E-state index in [1.54, 1.807) is 25.2 Å². The van der Waals surface area contributed by atoms with Gasteiger partial charge in [0.05, 0.1) is 5.41 Å². The van der Waals surface area contributed by atoms with E-state index in [0.717, 1.165) is 5.56 Å². The predicted molar refractivity (Wildman–Crippen MR) is 79.0 cm³/mol. The van der Waals surface area contributed by atoms with Gasteiger partial charge < -0.3 is 10.0 Å². The molecule has 0 heterocycles. The second kappa shape index (κ2) is 6.46. The molecule has 1 rings (SSSR count). The van der Waals surface area contributed by atoms with Crippen LogP contribution >= 0.6 is 23.2 Å². The van der Waals surface area contributed by atoms with Crippen molar-refractivity contribution in [3.05, 3.63) is 33.8 Å². The third kappa shape index (κ3) is 4.39. The van der Waals surface area contributed by atoms with Crippen molar-refractivity contribution in [2.75, 3.05) is 7.05 Å². The molecule has 0 aliphatic rings. The molecule has 20 heavy (non-hydrogen) atoms.